The van der Waals surface area contributed by atoms with Crippen LogP contribution in [0.3, 0.4) is 0 Å². The molecule has 1 N–H and O–H groups in total. The molecule has 1 aromatic rings. The number of hydrogen-bond acceptors (Lipinski definition) is 3. The van der Waals surface area contributed by atoms with Gasteiger partial charge < -0.3 is 14.6 Å². The summed E-state index contributed by atoms with van der Waals surface area (Å²) < 4.78 is 11.0. The van der Waals surface area contributed by atoms with Crippen molar-refractivity contribution < 1.29 is 14.6 Å². The molecule has 0 amide bonds. The molecule has 3 nitrogen and oxygen atoms in total. The Bertz CT molecular complexity index is 446. The van der Waals surface area contributed by atoms with Gasteiger partial charge in [-0.05, 0) is 29.7 Å². The fraction of sp³-hybridized carbons (Fsp3) is 0.529. The molecule has 1 unspecified atom stereocenters. The molecule has 0 saturated carbocycles. The predicted molar refractivity (Wildman–Crippen MR) is 83.0 cm³/mol. The van der Waals surface area contributed by atoms with Gasteiger partial charge in [-0.15, -0.1) is 0 Å². The zero-order valence-corrected chi connectivity index (χ0v) is 13.0. The maximum absolute atomic E-state index is 9.73. The van der Waals surface area contributed by atoms with Gasteiger partial charge in [-0.2, -0.15) is 0 Å². The van der Waals surface area contributed by atoms with E-state index in [1.54, 1.807) is 13.2 Å². The van der Waals surface area contributed by atoms with Gasteiger partial charge in [-0.3, -0.25) is 0 Å². The lowest BCUT2D eigenvalue weighted by Gasteiger charge is -2.26. The first-order valence-corrected chi connectivity index (χ1v) is 7.17. The summed E-state index contributed by atoms with van der Waals surface area (Å²) in [5.74, 6) is 0.308. The van der Waals surface area contributed by atoms with Crippen molar-refractivity contribution in [2.24, 2.45) is 0 Å². The highest BCUT2D eigenvalue weighted by atomic mass is 16.5. The normalized spacial score (nSPS) is 21.2. The van der Waals surface area contributed by atoms with Crippen LogP contribution in [0.5, 0.6) is 5.75 Å². The van der Waals surface area contributed by atoms with Gasteiger partial charge in [0.25, 0.3) is 0 Å². The lowest BCUT2D eigenvalue weighted by molar-refractivity contribution is -0.0126. The van der Waals surface area contributed by atoms with Gasteiger partial charge in [0.1, 0.15) is 5.75 Å². The maximum atomic E-state index is 9.73. The Hall–Kier alpha value is -1.32. The number of aryl methyl sites for hydroxylation is 1. The Morgan fingerprint density at radius 2 is 2.15 bits per heavy atom. The molecular formula is C17H26O3. The van der Waals surface area contributed by atoms with Crippen molar-refractivity contribution in [3.63, 3.8) is 0 Å². The second-order valence-electron chi connectivity index (χ2n) is 4.97. The van der Waals surface area contributed by atoms with Gasteiger partial charge in [0.2, 0.25) is 0 Å². The van der Waals surface area contributed by atoms with Crippen LogP contribution in [0.15, 0.2) is 24.8 Å². The maximum Gasteiger partial charge on any atom is 0.119 e. The Labute approximate surface area is 122 Å². The van der Waals surface area contributed by atoms with Crippen molar-refractivity contribution in [2.45, 2.75) is 39.2 Å². The summed E-state index contributed by atoms with van der Waals surface area (Å²) in [4.78, 5) is 0. The predicted octanol–water partition coefficient (Wildman–Crippen LogP) is 3.94. The number of phenols is 1. The fourth-order valence-electron chi connectivity index (χ4n) is 2.28. The van der Waals surface area contributed by atoms with Crippen LogP contribution in [0.4, 0.5) is 0 Å². The summed E-state index contributed by atoms with van der Waals surface area (Å²) in [6.45, 7) is 11.3. The van der Waals surface area contributed by atoms with Crippen LogP contribution < -0.4 is 0 Å². The van der Waals surface area contributed by atoms with Crippen LogP contribution in [0.25, 0.3) is 5.57 Å². The number of hydrogen-bond donors (Lipinski definition) is 1. The smallest absolute Gasteiger partial charge is 0.119 e. The van der Waals surface area contributed by atoms with Gasteiger partial charge in [-0.25, -0.2) is 0 Å². The Kier molecular flexibility index (Phi) is 6.24. The molecule has 1 aliphatic rings. The number of phenolic OH excluding ortho intramolecular Hbond substituents is 1. The molecule has 1 heterocycles. The van der Waals surface area contributed by atoms with E-state index in [0.29, 0.717) is 12.4 Å². The molecule has 3 heteroatoms. The number of ether oxygens (including phenoxy) is 2. The monoisotopic (exact) mass is 278 g/mol. The summed E-state index contributed by atoms with van der Waals surface area (Å²) >= 11 is 0. The molecule has 1 aromatic carbocycles. The summed E-state index contributed by atoms with van der Waals surface area (Å²) in [6, 6.07) is 5.65. The molecule has 1 aliphatic heterocycles. The van der Waals surface area contributed by atoms with Crippen LogP contribution >= 0.6 is 0 Å². The second-order valence-corrected chi connectivity index (χ2v) is 4.97. The van der Waals surface area contributed by atoms with Crippen LogP contribution in [-0.2, 0) is 9.47 Å². The van der Waals surface area contributed by atoms with Crippen LogP contribution in [0.1, 0.15) is 37.8 Å². The van der Waals surface area contributed by atoms with E-state index in [-0.39, 0.29) is 5.60 Å². The van der Waals surface area contributed by atoms with Gasteiger partial charge in [-0.1, -0.05) is 32.6 Å². The largest absolute Gasteiger partial charge is 0.508 e. The van der Waals surface area contributed by atoms with Crippen molar-refractivity contribution in [2.75, 3.05) is 20.3 Å². The molecule has 1 atom stereocenters. The minimum atomic E-state index is -0.252. The first kappa shape index (κ1) is 16.7. The standard InChI is InChI=1S/C15H20O3.C2H6/c1-11-4-5-13(8-14(11)16)12(2)9-15(17-3)6-7-18-10-15;1-2/h4-5,8,16H,2,6-7,9-10H2,1,3H3;1-2H3. The lowest BCUT2D eigenvalue weighted by atomic mass is 9.90. The van der Waals surface area contributed by atoms with Gasteiger partial charge in [0.05, 0.1) is 12.2 Å². The average molecular weight is 278 g/mol. The second kappa shape index (κ2) is 7.46. The first-order valence-electron chi connectivity index (χ1n) is 7.17. The highest BCUT2D eigenvalue weighted by Crippen LogP contribution is 2.34. The van der Waals surface area contributed by atoms with E-state index in [9.17, 15) is 5.11 Å². The van der Waals surface area contributed by atoms with E-state index in [0.717, 1.165) is 36.1 Å². The van der Waals surface area contributed by atoms with E-state index in [1.807, 2.05) is 32.9 Å². The van der Waals surface area contributed by atoms with E-state index < -0.39 is 0 Å². The van der Waals surface area contributed by atoms with Crippen molar-refractivity contribution in [3.8, 4) is 5.75 Å². The molecule has 0 radical (unpaired) electrons. The number of methoxy groups -OCH3 is 1. The quantitative estimate of drug-likeness (QED) is 0.906. The summed E-state index contributed by atoms with van der Waals surface area (Å²) in [5.41, 5.74) is 2.55. The Balaban J connectivity index is 0.000000956. The minimum absolute atomic E-state index is 0.252. The van der Waals surface area contributed by atoms with Gasteiger partial charge in [0.15, 0.2) is 0 Å². The Morgan fingerprint density at radius 3 is 2.65 bits per heavy atom. The SMILES string of the molecule is C=C(CC1(OC)CCOC1)c1ccc(C)c(O)c1.CC. The Morgan fingerprint density at radius 1 is 1.45 bits per heavy atom. The average Bonchev–Trinajstić information content (AvgIpc) is 2.93. The van der Waals surface area contributed by atoms with E-state index in [2.05, 4.69) is 6.58 Å². The molecule has 2 rings (SSSR count). The highest BCUT2D eigenvalue weighted by molar-refractivity contribution is 5.66. The molecule has 112 valence electrons. The topological polar surface area (TPSA) is 38.7 Å². The number of rotatable bonds is 4. The molecule has 0 spiro atoms. The van der Waals surface area contributed by atoms with E-state index in [4.69, 9.17) is 9.47 Å². The molecule has 1 saturated heterocycles. The van der Waals surface area contributed by atoms with Gasteiger partial charge >= 0.3 is 0 Å². The van der Waals surface area contributed by atoms with Crippen LogP contribution in [0.2, 0.25) is 0 Å². The number of aromatic hydroxyl groups is 1. The molecule has 1 fully saturated rings. The third-order valence-electron chi connectivity index (χ3n) is 3.65. The van der Waals surface area contributed by atoms with E-state index >= 15 is 0 Å². The molecule has 0 aliphatic carbocycles. The summed E-state index contributed by atoms with van der Waals surface area (Å²) in [7, 11) is 1.72. The lowest BCUT2D eigenvalue weighted by Crippen LogP contribution is -2.31. The van der Waals surface area contributed by atoms with Crippen LogP contribution in [0, 0.1) is 6.92 Å². The zero-order chi connectivity index (χ0) is 15.2. The molecule has 0 bridgehead atoms. The summed E-state index contributed by atoms with van der Waals surface area (Å²) in [5, 5.41) is 9.73. The third kappa shape index (κ3) is 3.84. The van der Waals surface area contributed by atoms with Crippen molar-refractivity contribution in [3.05, 3.63) is 35.9 Å². The minimum Gasteiger partial charge on any atom is -0.508 e. The third-order valence-corrected chi connectivity index (χ3v) is 3.65. The fourth-order valence-corrected chi connectivity index (χ4v) is 2.28. The van der Waals surface area contributed by atoms with Crippen molar-refractivity contribution >= 4 is 5.57 Å². The van der Waals surface area contributed by atoms with E-state index in [1.165, 1.54) is 0 Å². The molecular weight excluding hydrogens is 252 g/mol. The summed E-state index contributed by atoms with van der Waals surface area (Å²) in [6.07, 6.45) is 1.62. The van der Waals surface area contributed by atoms with Gasteiger partial charge in [0, 0.05) is 26.6 Å². The highest BCUT2D eigenvalue weighted by Gasteiger charge is 2.35. The van der Waals surface area contributed by atoms with Crippen LogP contribution in [-0.4, -0.2) is 31.0 Å². The van der Waals surface area contributed by atoms with Crippen molar-refractivity contribution in [1.29, 1.82) is 0 Å². The molecule has 20 heavy (non-hydrogen) atoms. The zero-order valence-electron chi connectivity index (χ0n) is 13.0. The number of benzene rings is 1. The van der Waals surface area contributed by atoms with Crippen molar-refractivity contribution in [1.82, 2.24) is 0 Å². The molecule has 0 aromatic heterocycles. The first-order chi connectivity index (χ1) is 9.56.